The molecular weight excluding hydrogens is 246 g/mol. The lowest BCUT2D eigenvalue weighted by atomic mass is 9.90. The van der Waals surface area contributed by atoms with Crippen LogP contribution in [0.1, 0.15) is 33.3 Å². The molecular formula is C14H21NO2S. The van der Waals surface area contributed by atoms with Crippen LogP contribution in [0.3, 0.4) is 0 Å². The van der Waals surface area contributed by atoms with Crippen molar-refractivity contribution in [3.8, 4) is 0 Å². The third-order valence-corrected chi connectivity index (χ3v) is 3.30. The second-order valence-corrected chi connectivity index (χ2v) is 5.82. The molecule has 0 fully saturated rings. The van der Waals surface area contributed by atoms with Gasteiger partial charge in [0.15, 0.2) is 0 Å². The van der Waals surface area contributed by atoms with E-state index in [0.717, 1.165) is 5.69 Å². The van der Waals surface area contributed by atoms with Crippen molar-refractivity contribution >= 4 is 23.1 Å². The van der Waals surface area contributed by atoms with Gasteiger partial charge in [-0.1, -0.05) is 17.7 Å². The van der Waals surface area contributed by atoms with Gasteiger partial charge in [-0.2, -0.15) is 0 Å². The van der Waals surface area contributed by atoms with Crippen LogP contribution in [0.2, 0.25) is 0 Å². The Bertz CT molecular complexity index is 418. The fourth-order valence-electron chi connectivity index (χ4n) is 1.14. The molecule has 0 saturated carbocycles. The molecule has 3 nitrogen and oxygen atoms in total. The topological polar surface area (TPSA) is 41.5 Å². The van der Waals surface area contributed by atoms with Gasteiger partial charge in [-0.05, 0) is 59.0 Å². The van der Waals surface area contributed by atoms with Crippen molar-refractivity contribution in [2.45, 2.75) is 45.8 Å². The number of nitrogens with one attached hydrogen (secondary N) is 1. The van der Waals surface area contributed by atoms with Crippen LogP contribution < -0.4 is 5.32 Å². The first kappa shape index (κ1) is 14.9. The molecule has 0 amide bonds. The van der Waals surface area contributed by atoms with E-state index in [0.29, 0.717) is 0 Å². The van der Waals surface area contributed by atoms with Gasteiger partial charge in [-0.3, -0.25) is 0 Å². The summed E-state index contributed by atoms with van der Waals surface area (Å²) in [4.78, 5) is 0. The first-order valence-corrected chi connectivity index (χ1v) is 6.32. The minimum Gasteiger partial charge on any atom is -0.462 e. The molecule has 0 unspecified atom stereocenters. The number of aryl methyl sites for hydroxylation is 1. The SMILES string of the molecule is Cc1ccc(NC(=S)OC(C)(C)C(C)(C)O)cc1. The Morgan fingerprint density at radius 3 is 2.11 bits per heavy atom. The fraction of sp³-hybridized carbons (Fsp3) is 0.500. The first-order valence-electron chi connectivity index (χ1n) is 5.91. The minimum atomic E-state index is -0.980. The van der Waals surface area contributed by atoms with E-state index in [1.165, 1.54) is 5.56 Å². The van der Waals surface area contributed by atoms with Gasteiger partial charge in [-0.15, -0.1) is 0 Å². The summed E-state index contributed by atoms with van der Waals surface area (Å²) in [6.45, 7) is 9.02. The van der Waals surface area contributed by atoms with E-state index in [2.05, 4.69) is 5.32 Å². The average Bonchev–Trinajstić information content (AvgIpc) is 2.19. The Morgan fingerprint density at radius 2 is 1.67 bits per heavy atom. The summed E-state index contributed by atoms with van der Waals surface area (Å²) < 4.78 is 5.61. The molecule has 18 heavy (non-hydrogen) atoms. The van der Waals surface area contributed by atoms with Crippen molar-refractivity contribution in [3.63, 3.8) is 0 Å². The van der Waals surface area contributed by atoms with Crippen molar-refractivity contribution in [3.05, 3.63) is 29.8 Å². The molecule has 1 rings (SSSR count). The third kappa shape index (κ3) is 3.96. The van der Waals surface area contributed by atoms with Crippen LogP contribution in [0.15, 0.2) is 24.3 Å². The first-order chi connectivity index (χ1) is 8.12. The fourth-order valence-corrected chi connectivity index (χ4v) is 1.46. The molecule has 0 radical (unpaired) electrons. The number of aliphatic hydroxyl groups is 1. The molecule has 100 valence electrons. The standard InChI is InChI=1S/C14H21NO2S/c1-10-6-8-11(9-7-10)15-12(18)17-14(4,5)13(2,3)16/h6-9,16H,1-5H3,(H,15,18). The van der Waals surface area contributed by atoms with Gasteiger partial charge in [0.1, 0.15) is 5.60 Å². The summed E-state index contributed by atoms with van der Waals surface area (Å²) in [7, 11) is 0. The minimum absolute atomic E-state index is 0.256. The molecule has 0 spiro atoms. The summed E-state index contributed by atoms with van der Waals surface area (Å²) >= 11 is 5.14. The number of rotatable bonds is 3. The van der Waals surface area contributed by atoms with E-state index >= 15 is 0 Å². The normalized spacial score (nSPS) is 12.1. The van der Waals surface area contributed by atoms with Crippen molar-refractivity contribution in [2.24, 2.45) is 0 Å². The molecule has 0 aromatic heterocycles. The Labute approximate surface area is 114 Å². The van der Waals surface area contributed by atoms with Gasteiger partial charge in [0.05, 0.1) is 5.60 Å². The zero-order chi connectivity index (χ0) is 14.0. The van der Waals surface area contributed by atoms with Crippen molar-refractivity contribution in [2.75, 3.05) is 5.32 Å². The lowest BCUT2D eigenvalue weighted by molar-refractivity contribution is -0.0963. The van der Waals surface area contributed by atoms with Crippen molar-refractivity contribution < 1.29 is 9.84 Å². The highest BCUT2D eigenvalue weighted by atomic mass is 32.1. The maximum Gasteiger partial charge on any atom is 0.261 e. The number of thiocarbonyl (C=S) groups is 1. The number of anilines is 1. The Balaban J connectivity index is 2.65. The van der Waals surface area contributed by atoms with Gasteiger partial charge in [0.2, 0.25) is 0 Å². The summed E-state index contributed by atoms with van der Waals surface area (Å²) in [6, 6.07) is 7.85. The maximum absolute atomic E-state index is 9.98. The molecule has 4 heteroatoms. The highest BCUT2D eigenvalue weighted by Crippen LogP contribution is 2.25. The van der Waals surface area contributed by atoms with Crippen molar-refractivity contribution in [1.82, 2.24) is 0 Å². The Hall–Kier alpha value is -1.13. The second-order valence-electron chi connectivity index (χ2n) is 5.45. The third-order valence-electron chi connectivity index (χ3n) is 3.12. The summed E-state index contributed by atoms with van der Waals surface area (Å²) in [5.74, 6) is 0. The zero-order valence-electron chi connectivity index (χ0n) is 11.6. The lowest BCUT2D eigenvalue weighted by Gasteiger charge is -2.37. The molecule has 0 aliphatic rings. The molecule has 0 aliphatic carbocycles. The maximum atomic E-state index is 9.98. The zero-order valence-corrected chi connectivity index (χ0v) is 12.4. The number of ether oxygens (including phenoxy) is 1. The molecule has 1 aromatic carbocycles. The van der Waals surface area contributed by atoms with Gasteiger partial charge in [0, 0.05) is 5.69 Å². The molecule has 0 heterocycles. The molecule has 0 aliphatic heterocycles. The van der Waals surface area contributed by atoms with Gasteiger partial charge in [0.25, 0.3) is 5.17 Å². The molecule has 0 atom stereocenters. The van der Waals surface area contributed by atoms with E-state index < -0.39 is 11.2 Å². The van der Waals surface area contributed by atoms with Crippen LogP contribution in [-0.2, 0) is 4.74 Å². The molecule has 2 N–H and O–H groups in total. The number of hydrogen-bond acceptors (Lipinski definition) is 3. The van der Waals surface area contributed by atoms with Crippen molar-refractivity contribution in [1.29, 1.82) is 0 Å². The molecule has 0 saturated heterocycles. The van der Waals surface area contributed by atoms with Crippen LogP contribution in [0.25, 0.3) is 0 Å². The van der Waals surface area contributed by atoms with Crippen LogP contribution in [-0.4, -0.2) is 21.5 Å². The predicted molar refractivity (Wildman–Crippen MR) is 78.9 cm³/mol. The lowest BCUT2D eigenvalue weighted by Crippen LogP contribution is -2.49. The monoisotopic (exact) mass is 267 g/mol. The summed E-state index contributed by atoms with van der Waals surface area (Å²) in [5.41, 5.74) is 0.315. The van der Waals surface area contributed by atoms with Crippen LogP contribution in [0, 0.1) is 6.92 Å². The van der Waals surface area contributed by atoms with E-state index in [4.69, 9.17) is 17.0 Å². The van der Waals surface area contributed by atoms with E-state index in [9.17, 15) is 5.11 Å². The molecule has 0 bridgehead atoms. The Kier molecular flexibility index (Phi) is 4.35. The van der Waals surface area contributed by atoms with E-state index in [-0.39, 0.29) is 5.17 Å². The van der Waals surface area contributed by atoms with E-state index in [1.54, 1.807) is 27.7 Å². The number of benzene rings is 1. The average molecular weight is 267 g/mol. The predicted octanol–water partition coefficient (Wildman–Crippen LogP) is 3.26. The van der Waals surface area contributed by atoms with Crippen LogP contribution in [0.4, 0.5) is 5.69 Å². The molecule has 1 aromatic rings. The van der Waals surface area contributed by atoms with Crippen LogP contribution >= 0.6 is 12.2 Å². The van der Waals surface area contributed by atoms with Gasteiger partial charge >= 0.3 is 0 Å². The van der Waals surface area contributed by atoms with E-state index in [1.807, 2.05) is 31.2 Å². The highest BCUT2D eigenvalue weighted by molar-refractivity contribution is 7.80. The number of hydrogen-bond donors (Lipinski definition) is 2. The van der Waals surface area contributed by atoms with Crippen LogP contribution in [0.5, 0.6) is 0 Å². The smallest absolute Gasteiger partial charge is 0.261 e. The summed E-state index contributed by atoms with van der Waals surface area (Å²) in [6.07, 6.45) is 0. The quantitative estimate of drug-likeness (QED) is 0.825. The van der Waals surface area contributed by atoms with Gasteiger partial charge in [-0.25, -0.2) is 0 Å². The highest BCUT2D eigenvalue weighted by Gasteiger charge is 2.38. The largest absolute Gasteiger partial charge is 0.462 e. The second kappa shape index (κ2) is 5.24. The summed E-state index contributed by atoms with van der Waals surface area (Å²) in [5, 5.41) is 13.2. The van der Waals surface area contributed by atoms with Gasteiger partial charge < -0.3 is 15.2 Å². The Morgan fingerprint density at radius 1 is 1.17 bits per heavy atom.